The Hall–Kier alpha value is -3.31. The third-order valence-corrected chi connectivity index (χ3v) is 7.54. The topological polar surface area (TPSA) is 108 Å². The van der Waals surface area contributed by atoms with Crippen molar-refractivity contribution in [3.05, 3.63) is 64.7 Å². The van der Waals surface area contributed by atoms with Crippen molar-refractivity contribution >= 4 is 34.4 Å². The van der Waals surface area contributed by atoms with Gasteiger partial charge in [0, 0.05) is 23.5 Å². The first-order valence-corrected chi connectivity index (χ1v) is 12.8. The monoisotopic (exact) mass is 563 g/mol. The Morgan fingerprint density at radius 3 is 2.36 bits per heavy atom. The van der Waals surface area contributed by atoms with E-state index in [2.05, 4.69) is 20.3 Å². The Kier molecular flexibility index (Phi) is 7.61. The van der Waals surface area contributed by atoms with E-state index in [0.29, 0.717) is 10.6 Å². The van der Waals surface area contributed by atoms with Gasteiger partial charge in [-0.1, -0.05) is 51.4 Å². The minimum atomic E-state index is -4.72. The van der Waals surface area contributed by atoms with E-state index >= 15 is 0 Å². The van der Waals surface area contributed by atoms with E-state index in [0.717, 1.165) is 18.5 Å². The van der Waals surface area contributed by atoms with Gasteiger partial charge in [0.05, 0.1) is 11.1 Å². The number of rotatable bonds is 5. The van der Waals surface area contributed by atoms with Crippen LogP contribution in [0.1, 0.15) is 55.9 Å². The van der Waals surface area contributed by atoms with Crippen LogP contribution in [0.25, 0.3) is 11.0 Å². The summed E-state index contributed by atoms with van der Waals surface area (Å²) in [7, 11) is 0. The molecule has 0 spiro atoms. The number of hydrogen-bond acceptors (Lipinski definition) is 6. The SMILES string of the molecule is CC(C)[C@@H](NC(=O)c1ncnc2ccc(C(F)(F)F)nc12)C(=O)N1CC[C@](O)(c2ccc(Cl)cc2)C(C)(C)C1. The summed E-state index contributed by atoms with van der Waals surface area (Å²) in [6, 6.07) is 7.84. The molecule has 1 aliphatic rings. The predicted octanol–water partition coefficient (Wildman–Crippen LogP) is 4.60. The summed E-state index contributed by atoms with van der Waals surface area (Å²) in [6.45, 7) is 7.66. The maximum Gasteiger partial charge on any atom is 0.433 e. The van der Waals surface area contributed by atoms with Gasteiger partial charge in [-0.3, -0.25) is 9.59 Å². The van der Waals surface area contributed by atoms with Crippen LogP contribution in [0.3, 0.4) is 0 Å². The standard InChI is InChI=1S/C27H29ClF3N5O3/c1-15(2)20(35-23(37)22-21-18(32-14-33-22)9-10-19(34-21)27(29,30)31)24(38)36-12-11-26(39,25(3,4)13-36)16-5-7-17(28)8-6-16/h5-10,14-15,20,39H,11-13H2,1-4H3,(H,35,37)/t20-,26+/m1/s1. The number of pyridine rings is 1. The molecule has 1 aromatic carbocycles. The molecule has 12 heteroatoms. The molecule has 0 saturated carbocycles. The van der Waals surface area contributed by atoms with Crippen molar-refractivity contribution in [1.82, 2.24) is 25.2 Å². The molecule has 208 valence electrons. The van der Waals surface area contributed by atoms with Crippen LogP contribution in [0.15, 0.2) is 42.7 Å². The maximum absolute atomic E-state index is 13.7. The molecule has 2 N–H and O–H groups in total. The van der Waals surface area contributed by atoms with Gasteiger partial charge < -0.3 is 15.3 Å². The van der Waals surface area contributed by atoms with Crippen molar-refractivity contribution < 1.29 is 27.9 Å². The summed E-state index contributed by atoms with van der Waals surface area (Å²) in [4.78, 5) is 39.8. The van der Waals surface area contributed by atoms with Gasteiger partial charge in [-0.05, 0) is 42.2 Å². The van der Waals surface area contributed by atoms with E-state index < -0.39 is 34.8 Å². The number of nitrogens with zero attached hydrogens (tertiary/aromatic N) is 4. The number of carbonyl (C=O) groups is 2. The fourth-order valence-electron chi connectivity index (χ4n) is 4.96. The molecule has 2 amide bonds. The zero-order chi connectivity index (χ0) is 28.8. The number of hydrogen-bond donors (Lipinski definition) is 2. The number of alkyl halides is 3. The van der Waals surface area contributed by atoms with Crippen LogP contribution in [0.5, 0.6) is 0 Å². The second kappa shape index (κ2) is 10.3. The summed E-state index contributed by atoms with van der Waals surface area (Å²) in [6.07, 6.45) is -3.40. The number of piperidine rings is 1. The van der Waals surface area contributed by atoms with Crippen LogP contribution >= 0.6 is 11.6 Å². The van der Waals surface area contributed by atoms with Gasteiger partial charge in [0.2, 0.25) is 5.91 Å². The van der Waals surface area contributed by atoms with Gasteiger partial charge in [-0.25, -0.2) is 15.0 Å². The van der Waals surface area contributed by atoms with Crippen LogP contribution in [0, 0.1) is 11.3 Å². The van der Waals surface area contributed by atoms with Crippen molar-refractivity contribution in [1.29, 1.82) is 0 Å². The fourth-order valence-corrected chi connectivity index (χ4v) is 5.08. The van der Waals surface area contributed by atoms with Crippen LogP contribution in [-0.2, 0) is 16.6 Å². The molecule has 1 aliphatic heterocycles. The van der Waals surface area contributed by atoms with Gasteiger partial charge in [0.15, 0.2) is 5.69 Å². The second-order valence-corrected chi connectivity index (χ2v) is 11.2. The van der Waals surface area contributed by atoms with E-state index in [9.17, 15) is 27.9 Å². The minimum Gasteiger partial charge on any atom is -0.384 e. The molecule has 0 aliphatic carbocycles. The molecular formula is C27H29ClF3N5O3. The highest BCUT2D eigenvalue weighted by atomic mass is 35.5. The second-order valence-electron chi connectivity index (χ2n) is 10.7. The lowest BCUT2D eigenvalue weighted by Gasteiger charge is -2.51. The van der Waals surface area contributed by atoms with E-state index in [1.54, 1.807) is 43.0 Å². The number of halogens is 4. The molecule has 1 fully saturated rings. The highest BCUT2D eigenvalue weighted by Crippen LogP contribution is 2.46. The number of fused-ring (bicyclic) bond motifs is 1. The van der Waals surface area contributed by atoms with E-state index in [1.807, 2.05) is 13.8 Å². The largest absolute Gasteiger partial charge is 0.433 e. The van der Waals surface area contributed by atoms with Crippen molar-refractivity contribution in [3.8, 4) is 0 Å². The Morgan fingerprint density at radius 2 is 1.77 bits per heavy atom. The first kappa shape index (κ1) is 28.7. The predicted molar refractivity (Wildman–Crippen MR) is 139 cm³/mol. The zero-order valence-electron chi connectivity index (χ0n) is 21.9. The smallest absolute Gasteiger partial charge is 0.384 e. The first-order valence-electron chi connectivity index (χ1n) is 12.4. The molecule has 2 aromatic heterocycles. The van der Waals surface area contributed by atoms with E-state index in [1.165, 1.54) is 0 Å². The summed E-state index contributed by atoms with van der Waals surface area (Å²) < 4.78 is 39.7. The van der Waals surface area contributed by atoms with Gasteiger partial charge >= 0.3 is 6.18 Å². The Bertz CT molecular complexity index is 1400. The summed E-state index contributed by atoms with van der Waals surface area (Å²) in [5, 5.41) is 14.8. The average Bonchev–Trinajstić information content (AvgIpc) is 2.87. The van der Waals surface area contributed by atoms with Crippen LogP contribution in [0.4, 0.5) is 13.2 Å². The van der Waals surface area contributed by atoms with Crippen LogP contribution < -0.4 is 5.32 Å². The number of likely N-dealkylation sites (tertiary alicyclic amines) is 1. The van der Waals surface area contributed by atoms with Crippen molar-refractivity contribution in [2.75, 3.05) is 13.1 Å². The summed E-state index contributed by atoms with van der Waals surface area (Å²) in [5.41, 5.74) is -3.06. The molecule has 0 bridgehead atoms. The molecule has 0 unspecified atom stereocenters. The molecule has 2 atom stereocenters. The molecule has 4 rings (SSSR count). The third kappa shape index (κ3) is 5.56. The quantitative estimate of drug-likeness (QED) is 0.470. The minimum absolute atomic E-state index is 0.0647. The maximum atomic E-state index is 13.7. The highest BCUT2D eigenvalue weighted by molar-refractivity contribution is 6.30. The highest BCUT2D eigenvalue weighted by Gasteiger charge is 2.50. The van der Waals surface area contributed by atoms with Gasteiger partial charge in [0.1, 0.15) is 23.6 Å². The van der Waals surface area contributed by atoms with Crippen molar-refractivity contribution in [3.63, 3.8) is 0 Å². The molecule has 1 saturated heterocycles. The lowest BCUT2D eigenvalue weighted by molar-refractivity contribution is -0.155. The lowest BCUT2D eigenvalue weighted by atomic mass is 9.66. The first-order chi connectivity index (χ1) is 18.1. The molecule has 3 heterocycles. The fraction of sp³-hybridized carbons (Fsp3) is 0.444. The molecular weight excluding hydrogens is 535 g/mol. The van der Waals surface area contributed by atoms with Gasteiger partial charge in [0.25, 0.3) is 5.91 Å². The number of carbonyl (C=O) groups excluding carboxylic acids is 2. The average molecular weight is 564 g/mol. The van der Waals surface area contributed by atoms with Crippen molar-refractivity contribution in [2.24, 2.45) is 11.3 Å². The Balaban J connectivity index is 1.57. The van der Waals surface area contributed by atoms with Crippen molar-refractivity contribution in [2.45, 2.75) is 51.9 Å². The third-order valence-electron chi connectivity index (χ3n) is 7.29. The number of aliphatic hydroxyl groups is 1. The van der Waals surface area contributed by atoms with Gasteiger partial charge in [-0.15, -0.1) is 0 Å². The molecule has 39 heavy (non-hydrogen) atoms. The molecule has 8 nitrogen and oxygen atoms in total. The van der Waals surface area contributed by atoms with Gasteiger partial charge in [-0.2, -0.15) is 13.2 Å². The van der Waals surface area contributed by atoms with Crippen LogP contribution in [-0.4, -0.2) is 55.9 Å². The summed E-state index contributed by atoms with van der Waals surface area (Å²) >= 11 is 6.01. The van der Waals surface area contributed by atoms with E-state index in [4.69, 9.17) is 11.6 Å². The Morgan fingerprint density at radius 1 is 1.10 bits per heavy atom. The Labute approximate surface area is 228 Å². The number of aromatic nitrogens is 3. The number of nitrogens with one attached hydrogen (secondary N) is 1. The van der Waals surface area contributed by atoms with Crippen LogP contribution in [0.2, 0.25) is 5.02 Å². The number of amides is 2. The van der Waals surface area contributed by atoms with E-state index in [-0.39, 0.29) is 48.1 Å². The molecule has 3 aromatic rings. The normalized spacial score (nSPS) is 20.2. The number of benzene rings is 1. The lowest BCUT2D eigenvalue weighted by Crippen LogP contribution is -2.60. The molecule has 0 radical (unpaired) electrons. The zero-order valence-corrected chi connectivity index (χ0v) is 22.6. The summed E-state index contributed by atoms with van der Waals surface area (Å²) in [5.74, 6) is -1.56.